The fourth-order valence-electron chi connectivity index (χ4n) is 3.55. The number of hydrogen-bond donors (Lipinski definition) is 1. The molecule has 156 valence electrons. The molecule has 29 heavy (non-hydrogen) atoms. The van der Waals surface area contributed by atoms with E-state index in [-0.39, 0.29) is 11.9 Å². The third-order valence-corrected chi connectivity index (χ3v) is 5.95. The first-order valence-corrected chi connectivity index (χ1v) is 11.6. The molecule has 0 spiro atoms. The molecular formula is C22H29N3O3S. The number of amides is 1. The zero-order valence-corrected chi connectivity index (χ0v) is 17.9. The Kier molecular flexibility index (Phi) is 7.80. The van der Waals surface area contributed by atoms with E-state index in [9.17, 15) is 9.00 Å². The number of benzene rings is 2. The fourth-order valence-corrected chi connectivity index (χ4v) is 4.07. The molecule has 1 fully saturated rings. The average molecular weight is 416 g/mol. The first-order chi connectivity index (χ1) is 14.1. The fraction of sp³-hybridized carbons (Fsp3) is 0.409. The van der Waals surface area contributed by atoms with Crippen LogP contribution in [0.2, 0.25) is 0 Å². The lowest BCUT2D eigenvalue weighted by Gasteiger charge is -2.38. The Bertz CT molecular complexity index is 806. The van der Waals surface area contributed by atoms with Gasteiger partial charge in [-0.05, 0) is 29.8 Å². The Hall–Kier alpha value is -2.22. The van der Waals surface area contributed by atoms with E-state index in [0.29, 0.717) is 5.75 Å². The van der Waals surface area contributed by atoms with Crippen molar-refractivity contribution < 1.29 is 13.7 Å². The van der Waals surface area contributed by atoms with E-state index in [1.54, 1.807) is 13.4 Å². The molecule has 0 unspecified atom stereocenters. The molecule has 1 heterocycles. The van der Waals surface area contributed by atoms with Gasteiger partial charge in [0.1, 0.15) is 11.8 Å². The van der Waals surface area contributed by atoms with Gasteiger partial charge < -0.3 is 10.1 Å². The minimum absolute atomic E-state index is 0.0375. The van der Waals surface area contributed by atoms with Gasteiger partial charge in [0.15, 0.2) is 0 Å². The van der Waals surface area contributed by atoms with E-state index < -0.39 is 10.8 Å². The minimum atomic E-state index is -0.775. The van der Waals surface area contributed by atoms with Crippen molar-refractivity contribution in [3.05, 3.63) is 60.2 Å². The monoisotopic (exact) mass is 415 g/mol. The second-order valence-electron chi connectivity index (χ2n) is 7.19. The molecular weight excluding hydrogens is 386 g/mol. The molecule has 1 aliphatic rings. The highest BCUT2D eigenvalue weighted by Crippen LogP contribution is 2.25. The van der Waals surface area contributed by atoms with Crippen molar-refractivity contribution in [1.82, 2.24) is 9.80 Å². The summed E-state index contributed by atoms with van der Waals surface area (Å²) < 4.78 is 16.5. The van der Waals surface area contributed by atoms with Crippen molar-refractivity contribution in [3.63, 3.8) is 0 Å². The van der Waals surface area contributed by atoms with E-state index in [4.69, 9.17) is 4.74 Å². The van der Waals surface area contributed by atoms with Gasteiger partial charge in [0.2, 0.25) is 5.91 Å². The number of nitrogens with zero attached hydrogens (tertiary/aromatic N) is 2. The second-order valence-corrected chi connectivity index (χ2v) is 8.74. The van der Waals surface area contributed by atoms with Gasteiger partial charge >= 0.3 is 0 Å². The molecule has 0 saturated carbocycles. The Morgan fingerprint density at radius 2 is 1.72 bits per heavy atom. The topological polar surface area (TPSA) is 61.9 Å². The number of carbonyl (C=O) groups excluding carboxylic acids is 1. The van der Waals surface area contributed by atoms with Gasteiger partial charge in [-0.1, -0.05) is 30.3 Å². The summed E-state index contributed by atoms with van der Waals surface area (Å²) in [6, 6.07) is 16.9. The van der Waals surface area contributed by atoms with Crippen molar-refractivity contribution in [2.75, 3.05) is 57.2 Å². The Balaban J connectivity index is 1.70. The van der Waals surface area contributed by atoms with Crippen LogP contribution in [0.15, 0.2) is 54.6 Å². The van der Waals surface area contributed by atoms with Crippen LogP contribution in [0.4, 0.5) is 5.69 Å². The SMILES string of the molecule is COc1ccc(NC(=O)[C@H](c2ccccc2)N2CCN(CC[S@](C)=O)CC2)cc1. The van der Waals surface area contributed by atoms with Crippen molar-refractivity contribution in [2.45, 2.75) is 6.04 Å². The molecule has 0 aromatic heterocycles. The second kappa shape index (κ2) is 10.5. The summed E-state index contributed by atoms with van der Waals surface area (Å²) in [5.74, 6) is 1.41. The molecule has 1 aliphatic heterocycles. The van der Waals surface area contributed by atoms with E-state index in [2.05, 4.69) is 15.1 Å². The van der Waals surface area contributed by atoms with Gasteiger partial charge in [0, 0.05) is 61.2 Å². The number of anilines is 1. The van der Waals surface area contributed by atoms with Crippen molar-refractivity contribution in [1.29, 1.82) is 0 Å². The summed E-state index contributed by atoms with van der Waals surface area (Å²) in [5.41, 5.74) is 1.74. The number of rotatable bonds is 8. The predicted molar refractivity (Wildman–Crippen MR) is 118 cm³/mol. The van der Waals surface area contributed by atoms with Crippen LogP contribution in [0.25, 0.3) is 0 Å². The molecule has 0 bridgehead atoms. The van der Waals surface area contributed by atoms with Crippen LogP contribution in [0.5, 0.6) is 5.75 Å². The van der Waals surface area contributed by atoms with Crippen LogP contribution in [-0.2, 0) is 15.6 Å². The Labute approximate surface area is 175 Å². The summed E-state index contributed by atoms with van der Waals surface area (Å²) in [5, 5.41) is 3.05. The van der Waals surface area contributed by atoms with Crippen molar-refractivity contribution >= 4 is 22.4 Å². The van der Waals surface area contributed by atoms with Gasteiger partial charge in [0.05, 0.1) is 7.11 Å². The number of ether oxygens (including phenoxy) is 1. The number of piperazine rings is 1. The van der Waals surface area contributed by atoms with E-state index in [1.165, 1.54) is 0 Å². The van der Waals surface area contributed by atoms with E-state index >= 15 is 0 Å². The summed E-state index contributed by atoms with van der Waals surface area (Å²) in [6.45, 7) is 4.18. The average Bonchev–Trinajstić information content (AvgIpc) is 2.74. The summed E-state index contributed by atoms with van der Waals surface area (Å²) >= 11 is 0. The zero-order valence-electron chi connectivity index (χ0n) is 17.0. The number of nitrogens with one attached hydrogen (secondary N) is 1. The highest BCUT2D eigenvalue weighted by molar-refractivity contribution is 7.84. The third-order valence-electron chi connectivity index (χ3n) is 5.19. The standard InChI is InChI=1S/C22H29N3O3S/c1-28-20-10-8-19(9-11-20)23-22(26)21(18-6-4-3-5-7-18)25-14-12-24(13-15-25)16-17-29(2)27/h3-11,21H,12-17H2,1-2H3,(H,23,26)/t21-,29-/m0/s1. The smallest absolute Gasteiger partial charge is 0.246 e. The minimum Gasteiger partial charge on any atom is -0.497 e. The largest absolute Gasteiger partial charge is 0.497 e. The lowest BCUT2D eigenvalue weighted by molar-refractivity contribution is -0.122. The molecule has 7 heteroatoms. The van der Waals surface area contributed by atoms with Crippen molar-refractivity contribution in [2.24, 2.45) is 0 Å². The maximum Gasteiger partial charge on any atom is 0.246 e. The lowest BCUT2D eigenvalue weighted by Crippen LogP contribution is -2.50. The normalized spacial score (nSPS) is 17.4. The highest BCUT2D eigenvalue weighted by Gasteiger charge is 2.30. The van der Waals surface area contributed by atoms with E-state index in [0.717, 1.165) is 49.7 Å². The molecule has 2 aromatic rings. The zero-order chi connectivity index (χ0) is 20.6. The molecule has 2 aromatic carbocycles. The molecule has 1 amide bonds. The maximum atomic E-state index is 13.2. The lowest BCUT2D eigenvalue weighted by atomic mass is 10.0. The first kappa shape index (κ1) is 21.5. The van der Waals surface area contributed by atoms with Gasteiger partial charge in [-0.25, -0.2) is 0 Å². The van der Waals surface area contributed by atoms with Crippen LogP contribution < -0.4 is 10.1 Å². The van der Waals surface area contributed by atoms with Gasteiger partial charge in [-0.3, -0.25) is 18.8 Å². The first-order valence-electron chi connectivity index (χ1n) is 9.83. The number of hydrogen-bond acceptors (Lipinski definition) is 5. The number of carbonyl (C=O) groups is 1. The molecule has 1 saturated heterocycles. The Morgan fingerprint density at radius 3 is 2.31 bits per heavy atom. The summed E-state index contributed by atoms with van der Waals surface area (Å²) in [7, 11) is 0.847. The highest BCUT2D eigenvalue weighted by atomic mass is 32.2. The van der Waals surface area contributed by atoms with Crippen LogP contribution in [0, 0.1) is 0 Å². The van der Waals surface area contributed by atoms with Crippen LogP contribution in [0.3, 0.4) is 0 Å². The van der Waals surface area contributed by atoms with Crippen LogP contribution in [-0.4, -0.2) is 71.8 Å². The van der Waals surface area contributed by atoms with Crippen LogP contribution >= 0.6 is 0 Å². The van der Waals surface area contributed by atoms with Crippen molar-refractivity contribution in [3.8, 4) is 5.75 Å². The molecule has 1 N–H and O–H groups in total. The summed E-state index contributed by atoms with van der Waals surface area (Å²) in [6.07, 6.45) is 1.74. The molecule has 3 rings (SSSR count). The molecule has 0 aliphatic carbocycles. The third kappa shape index (κ3) is 6.13. The van der Waals surface area contributed by atoms with Crippen LogP contribution in [0.1, 0.15) is 11.6 Å². The molecule has 6 nitrogen and oxygen atoms in total. The van der Waals surface area contributed by atoms with E-state index in [1.807, 2.05) is 54.6 Å². The quantitative estimate of drug-likeness (QED) is 0.717. The Morgan fingerprint density at radius 1 is 1.07 bits per heavy atom. The predicted octanol–water partition coefficient (Wildman–Crippen LogP) is 2.37. The van der Waals surface area contributed by atoms with Gasteiger partial charge in [-0.15, -0.1) is 0 Å². The summed E-state index contributed by atoms with van der Waals surface area (Å²) in [4.78, 5) is 17.8. The maximum absolute atomic E-state index is 13.2. The van der Waals surface area contributed by atoms with Gasteiger partial charge in [0.25, 0.3) is 0 Å². The number of methoxy groups -OCH3 is 1. The molecule has 2 atom stereocenters. The molecule has 0 radical (unpaired) electrons. The van der Waals surface area contributed by atoms with Gasteiger partial charge in [-0.2, -0.15) is 0 Å².